The van der Waals surface area contributed by atoms with E-state index in [4.69, 9.17) is 9.47 Å². The van der Waals surface area contributed by atoms with Crippen LogP contribution >= 0.6 is 0 Å². The molecule has 0 radical (unpaired) electrons. The minimum absolute atomic E-state index is 0.222. The molecule has 1 aromatic carbocycles. The van der Waals surface area contributed by atoms with Crippen LogP contribution in [0.25, 0.3) is 0 Å². The third-order valence-electron chi connectivity index (χ3n) is 4.90. The van der Waals surface area contributed by atoms with Gasteiger partial charge in [0.1, 0.15) is 0 Å². The number of rotatable bonds is 3. The highest BCUT2D eigenvalue weighted by atomic mass is 16.6. The van der Waals surface area contributed by atoms with Gasteiger partial charge in [0.15, 0.2) is 5.60 Å². The number of piperazine rings is 1. The fourth-order valence-electron chi connectivity index (χ4n) is 3.41. The van der Waals surface area contributed by atoms with Crippen LogP contribution < -0.4 is 0 Å². The topological polar surface area (TPSA) is 76.2 Å². The zero-order valence-electron chi connectivity index (χ0n) is 16.1. The Balaban J connectivity index is 1.61. The van der Waals surface area contributed by atoms with E-state index in [-0.39, 0.29) is 17.9 Å². The molecule has 7 nitrogen and oxygen atoms in total. The average molecular weight is 374 g/mol. The van der Waals surface area contributed by atoms with Gasteiger partial charge in [-0.05, 0) is 24.5 Å². The molecule has 1 aromatic rings. The van der Waals surface area contributed by atoms with Crippen LogP contribution in [0.5, 0.6) is 0 Å². The molecule has 0 spiro atoms. The molecule has 2 aliphatic heterocycles. The number of hydrogen-bond acceptors (Lipinski definition) is 5. The Bertz CT molecular complexity index is 740. The van der Waals surface area contributed by atoms with E-state index < -0.39 is 11.6 Å². The van der Waals surface area contributed by atoms with Crippen molar-refractivity contribution in [2.45, 2.75) is 32.8 Å². The van der Waals surface area contributed by atoms with Gasteiger partial charge in [0, 0.05) is 32.6 Å². The molecule has 0 bridgehead atoms. The van der Waals surface area contributed by atoms with E-state index in [0.29, 0.717) is 44.8 Å². The number of nitrogens with zero attached hydrogens (tertiary/aromatic N) is 2. The highest BCUT2D eigenvalue weighted by Crippen LogP contribution is 2.30. The van der Waals surface area contributed by atoms with Crippen molar-refractivity contribution in [1.29, 1.82) is 0 Å². The van der Waals surface area contributed by atoms with Crippen LogP contribution in [0, 0.1) is 5.92 Å². The van der Waals surface area contributed by atoms with Crippen LogP contribution in [0.3, 0.4) is 0 Å². The normalized spacial score (nSPS) is 22.3. The van der Waals surface area contributed by atoms with Gasteiger partial charge in [0.05, 0.1) is 12.2 Å². The molecular formula is C20H26N2O5. The van der Waals surface area contributed by atoms with Crippen molar-refractivity contribution >= 4 is 18.0 Å². The Morgan fingerprint density at radius 3 is 2.44 bits per heavy atom. The lowest BCUT2D eigenvalue weighted by Gasteiger charge is -2.40. The van der Waals surface area contributed by atoms with Gasteiger partial charge < -0.3 is 19.3 Å². The van der Waals surface area contributed by atoms with E-state index >= 15 is 0 Å². The Labute approximate surface area is 159 Å². The van der Waals surface area contributed by atoms with Crippen molar-refractivity contribution in [2.24, 2.45) is 5.92 Å². The first-order valence-corrected chi connectivity index (χ1v) is 9.32. The summed E-state index contributed by atoms with van der Waals surface area (Å²) in [5.41, 5.74) is 0.118. The molecule has 1 saturated heterocycles. The van der Waals surface area contributed by atoms with Gasteiger partial charge in [-0.15, -0.1) is 0 Å². The Kier molecular flexibility index (Phi) is 5.39. The van der Waals surface area contributed by atoms with Gasteiger partial charge in [0.25, 0.3) is 5.91 Å². The molecule has 7 heteroatoms. The molecule has 146 valence electrons. The number of carbonyl (C=O) groups excluding carboxylic acids is 3. The number of esters is 1. The van der Waals surface area contributed by atoms with Crippen LogP contribution in [-0.4, -0.2) is 66.2 Å². The second-order valence-corrected chi connectivity index (χ2v) is 7.70. The summed E-state index contributed by atoms with van der Waals surface area (Å²) >= 11 is 0. The number of hydrogen-bond donors (Lipinski definition) is 0. The highest BCUT2D eigenvalue weighted by molar-refractivity contribution is 5.97. The van der Waals surface area contributed by atoms with Gasteiger partial charge in [-0.3, -0.25) is 4.79 Å². The van der Waals surface area contributed by atoms with Crippen LogP contribution in [0.2, 0.25) is 0 Å². The second-order valence-electron chi connectivity index (χ2n) is 7.70. The van der Waals surface area contributed by atoms with Gasteiger partial charge in [-0.25, -0.2) is 9.59 Å². The molecule has 2 aliphatic rings. The van der Waals surface area contributed by atoms with Crippen LogP contribution in [-0.2, 0) is 20.7 Å². The van der Waals surface area contributed by atoms with Crippen molar-refractivity contribution in [3.05, 3.63) is 35.4 Å². The third kappa shape index (κ3) is 4.07. The van der Waals surface area contributed by atoms with E-state index in [1.165, 1.54) is 0 Å². The summed E-state index contributed by atoms with van der Waals surface area (Å²) in [4.78, 5) is 40.7. The summed E-state index contributed by atoms with van der Waals surface area (Å²) in [6.45, 7) is 7.60. The SMILES string of the molecule is CC(C)COC(=O)N1CCN(C(=O)C2(C)Cc3ccccc3C(=O)O2)CC1. The summed E-state index contributed by atoms with van der Waals surface area (Å²) in [6.07, 6.45) is 0.00439. The standard InChI is InChI=1S/C20H26N2O5/c1-14(2)13-26-19(25)22-10-8-21(9-11-22)18(24)20(3)12-15-6-4-5-7-16(15)17(23)27-20/h4-7,14H,8-13H2,1-3H3. The number of ether oxygens (including phenoxy) is 2. The zero-order chi connectivity index (χ0) is 19.6. The van der Waals surface area contributed by atoms with E-state index in [2.05, 4.69) is 0 Å². The van der Waals surface area contributed by atoms with E-state index in [1.54, 1.807) is 28.9 Å². The lowest BCUT2D eigenvalue weighted by atomic mass is 9.88. The molecule has 2 amide bonds. The van der Waals surface area contributed by atoms with Crippen molar-refractivity contribution < 1.29 is 23.9 Å². The predicted octanol–water partition coefficient (Wildman–Crippen LogP) is 2.09. The molecule has 0 aromatic heterocycles. The maximum absolute atomic E-state index is 13.0. The van der Waals surface area contributed by atoms with Crippen molar-refractivity contribution in [1.82, 2.24) is 9.80 Å². The lowest BCUT2D eigenvalue weighted by molar-refractivity contribution is -0.152. The number of cyclic esters (lactones) is 1. The lowest BCUT2D eigenvalue weighted by Crippen LogP contribution is -2.58. The maximum atomic E-state index is 13.0. The molecule has 1 unspecified atom stereocenters. The summed E-state index contributed by atoms with van der Waals surface area (Å²) in [5, 5.41) is 0. The molecule has 1 atom stereocenters. The Morgan fingerprint density at radius 2 is 1.78 bits per heavy atom. The van der Waals surface area contributed by atoms with Crippen molar-refractivity contribution in [3.63, 3.8) is 0 Å². The van der Waals surface area contributed by atoms with Crippen molar-refractivity contribution in [2.75, 3.05) is 32.8 Å². The molecule has 2 heterocycles. The monoisotopic (exact) mass is 374 g/mol. The summed E-state index contributed by atoms with van der Waals surface area (Å²) < 4.78 is 10.8. The van der Waals surface area contributed by atoms with Gasteiger partial charge >= 0.3 is 12.1 Å². The zero-order valence-corrected chi connectivity index (χ0v) is 16.1. The first-order valence-electron chi connectivity index (χ1n) is 9.32. The fourth-order valence-corrected chi connectivity index (χ4v) is 3.41. The predicted molar refractivity (Wildman–Crippen MR) is 98.3 cm³/mol. The first-order chi connectivity index (χ1) is 12.8. The molecule has 0 aliphatic carbocycles. The van der Waals surface area contributed by atoms with E-state index in [1.807, 2.05) is 26.0 Å². The van der Waals surface area contributed by atoms with Crippen LogP contribution in [0.15, 0.2) is 24.3 Å². The van der Waals surface area contributed by atoms with Crippen LogP contribution in [0.1, 0.15) is 36.7 Å². The molecule has 0 N–H and O–H groups in total. The molecule has 3 rings (SSSR count). The number of fused-ring (bicyclic) bond motifs is 1. The minimum atomic E-state index is -1.22. The first kappa shape index (κ1) is 19.2. The quantitative estimate of drug-likeness (QED) is 0.758. The second kappa shape index (κ2) is 7.58. The number of benzene rings is 1. The Hall–Kier alpha value is -2.57. The molecule has 1 fully saturated rings. The highest BCUT2D eigenvalue weighted by Gasteiger charge is 2.45. The molecule has 27 heavy (non-hydrogen) atoms. The average Bonchev–Trinajstić information content (AvgIpc) is 2.65. The number of carbonyl (C=O) groups is 3. The third-order valence-corrected chi connectivity index (χ3v) is 4.90. The van der Waals surface area contributed by atoms with Gasteiger partial charge in [-0.1, -0.05) is 32.0 Å². The maximum Gasteiger partial charge on any atom is 0.409 e. The van der Waals surface area contributed by atoms with E-state index in [9.17, 15) is 14.4 Å². The minimum Gasteiger partial charge on any atom is -0.449 e. The smallest absolute Gasteiger partial charge is 0.409 e. The molecule has 0 saturated carbocycles. The molecular weight excluding hydrogens is 348 g/mol. The van der Waals surface area contributed by atoms with Gasteiger partial charge in [-0.2, -0.15) is 0 Å². The summed E-state index contributed by atoms with van der Waals surface area (Å²) in [7, 11) is 0. The largest absolute Gasteiger partial charge is 0.449 e. The summed E-state index contributed by atoms with van der Waals surface area (Å²) in [5.74, 6) is -0.412. The number of amides is 2. The fraction of sp³-hybridized carbons (Fsp3) is 0.550. The van der Waals surface area contributed by atoms with Crippen molar-refractivity contribution in [3.8, 4) is 0 Å². The van der Waals surface area contributed by atoms with Crippen LogP contribution in [0.4, 0.5) is 4.79 Å². The van der Waals surface area contributed by atoms with Gasteiger partial charge in [0.2, 0.25) is 0 Å². The Morgan fingerprint density at radius 1 is 1.15 bits per heavy atom. The summed E-state index contributed by atoms with van der Waals surface area (Å²) in [6, 6.07) is 7.19. The van der Waals surface area contributed by atoms with E-state index in [0.717, 1.165) is 5.56 Å².